The molecular weight excluding hydrogens is 240 g/mol. The molecule has 0 unspecified atom stereocenters. The number of hydrogen-bond acceptors (Lipinski definition) is 3. The molecule has 0 amide bonds. The molecule has 1 N–H and O–H groups in total. The number of pyridine rings is 1. The molecule has 0 atom stereocenters. The van der Waals surface area contributed by atoms with Crippen molar-refractivity contribution in [3.63, 3.8) is 0 Å². The summed E-state index contributed by atoms with van der Waals surface area (Å²) in [5.74, 6) is 1.93. The summed E-state index contributed by atoms with van der Waals surface area (Å²) >= 11 is 6.02. The van der Waals surface area contributed by atoms with Crippen LogP contribution >= 0.6 is 11.6 Å². The first-order valence-corrected chi connectivity index (χ1v) is 5.47. The lowest BCUT2D eigenvalue weighted by atomic mass is 10.4. The van der Waals surface area contributed by atoms with Crippen molar-refractivity contribution in [3.05, 3.63) is 41.2 Å². The van der Waals surface area contributed by atoms with Gasteiger partial charge in [0, 0.05) is 0 Å². The number of fused-ring (bicyclic) bond motifs is 1. The zero-order valence-corrected chi connectivity index (χ0v) is 9.77. The predicted molar refractivity (Wildman–Crippen MR) is 64.3 cm³/mol. The van der Waals surface area contributed by atoms with Gasteiger partial charge in [0.05, 0.1) is 5.52 Å². The minimum absolute atomic E-state index is 0.0750. The van der Waals surface area contributed by atoms with Crippen LogP contribution in [0.15, 0.2) is 34.7 Å². The number of hydrogen-bond donors (Lipinski definition) is 1. The molecule has 0 aromatic carbocycles. The Morgan fingerprint density at radius 3 is 2.82 bits per heavy atom. The fourth-order valence-corrected chi connectivity index (χ4v) is 2.03. The molecule has 0 spiro atoms. The molecule has 0 radical (unpaired) electrons. The molecule has 0 bridgehead atoms. The van der Waals surface area contributed by atoms with Gasteiger partial charge in [-0.2, -0.15) is 0 Å². The highest BCUT2D eigenvalue weighted by molar-refractivity contribution is 6.32. The van der Waals surface area contributed by atoms with Gasteiger partial charge in [-0.15, -0.1) is 0 Å². The number of halogens is 1. The second-order valence-corrected chi connectivity index (χ2v) is 4.10. The second kappa shape index (κ2) is 3.53. The van der Waals surface area contributed by atoms with Crippen LogP contribution < -0.4 is 0 Å². The molecule has 0 aliphatic rings. The molecule has 0 aliphatic heterocycles. The highest BCUT2D eigenvalue weighted by atomic mass is 35.5. The lowest BCUT2D eigenvalue weighted by Crippen LogP contribution is -1.88. The zero-order chi connectivity index (χ0) is 12.0. The van der Waals surface area contributed by atoms with Gasteiger partial charge in [-0.1, -0.05) is 17.7 Å². The summed E-state index contributed by atoms with van der Waals surface area (Å²) < 4.78 is 7.05. The smallest absolute Gasteiger partial charge is 0.197 e. The third-order valence-corrected chi connectivity index (χ3v) is 2.84. The van der Waals surface area contributed by atoms with Gasteiger partial charge >= 0.3 is 0 Å². The molecule has 3 rings (SSSR count). The van der Waals surface area contributed by atoms with Gasteiger partial charge in [-0.3, -0.25) is 4.40 Å². The molecule has 0 saturated carbocycles. The minimum Gasteiger partial charge on any atom is -0.494 e. The van der Waals surface area contributed by atoms with E-state index in [0.717, 1.165) is 5.76 Å². The van der Waals surface area contributed by atoms with Crippen LogP contribution in [0.5, 0.6) is 5.88 Å². The topological polar surface area (TPSA) is 50.7 Å². The SMILES string of the molecule is Cc1ccc(-c2nc(Cl)c3cccc(O)n23)o1. The highest BCUT2D eigenvalue weighted by Crippen LogP contribution is 2.30. The van der Waals surface area contributed by atoms with E-state index in [9.17, 15) is 5.11 Å². The molecule has 0 fully saturated rings. The van der Waals surface area contributed by atoms with Crippen molar-refractivity contribution in [2.45, 2.75) is 6.92 Å². The summed E-state index contributed by atoms with van der Waals surface area (Å²) in [6.45, 7) is 1.85. The van der Waals surface area contributed by atoms with E-state index in [-0.39, 0.29) is 5.88 Å². The highest BCUT2D eigenvalue weighted by Gasteiger charge is 2.16. The van der Waals surface area contributed by atoms with Crippen LogP contribution in [0.1, 0.15) is 5.76 Å². The lowest BCUT2D eigenvalue weighted by Gasteiger charge is -2.00. The molecular formula is C12H9ClN2O2. The maximum Gasteiger partial charge on any atom is 0.197 e. The number of nitrogens with zero attached hydrogens (tertiary/aromatic N) is 2. The van der Waals surface area contributed by atoms with E-state index in [0.29, 0.717) is 22.3 Å². The van der Waals surface area contributed by atoms with Crippen LogP contribution in [0.3, 0.4) is 0 Å². The van der Waals surface area contributed by atoms with Crippen molar-refractivity contribution in [1.29, 1.82) is 0 Å². The Kier molecular flexibility index (Phi) is 2.12. The van der Waals surface area contributed by atoms with Crippen LogP contribution in [-0.2, 0) is 0 Å². The average Bonchev–Trinajstić information content (AvgIpc) is 2.85. The lowest BCUT2D eigenvalue weighted by molar-refractivity contribution is 0.445. The van der Waals surface area contributed by atoms with Gasteiger partial charge in [0.15, 0.2) is 22.6 Å². The molecule has 0 saturated heterocycles. The number of rotatable bonds is 1. The summed E-state index contributed by atoms with van der Waals surface area (Å²) in [5.41, 5.74) is 0.649. The first kappa shape index (κ1) is 10.2. The Labute approximate surface area is 102 Å². The summed E-state index contributed by atoms with van der Waals surface area (Å²) in [7, 11) is 0. The van der Waals surface area contributed by atoms with E-state index < -0.39 is 0 Å². The van der Waals surface area contributed by atoms with Gasteiger partial charge in [0.2, 0.25) is 0 Å². The Balaban J connectivity index is 2.37. The second-order valence-electron chi connectivity index (χ2n) is 3.74. The van der Waals surface area contributed by atoms with E-state index >= 15 is 0 Å². The minimum atomic E-state index is 0.0750. The van der Waals surface area contributed by atoms with Crippen LogP contribution in [0.2, 0.25) is 5.15 Å². The number of aryl methyl sites for hydroxylation is 1. The zero-order valence-electron chi connectivity index (χ0n) is 9.01. The maximum atomic E-state index is 9.86. The van der Waals surface area contributed by atoms with Crippen LogP contribution in [0.4, 0.5) is 0 Å². The van der Waals surface area contributed by atoms with Gasteiger partial charge < -0.3 is 9.52 Å². The number of aromatic hydroxyl groups is 1. The standard InChI is InChI=1S/C12H9ClN2O2/c1-7-5-6-9(17-7)12-14-11(13)8-3-2-4-10(16)15(8)12/h2-6,16H,1H3. The van der Waals surface area contributed by atoms with Crippen molar-refractivity contribution >= 4 is 17.1 Å². The Morgan fingerprint density at radius 1 is 1.29 bits per heavy atom. The molecule has 17 heavy (non-hydrogen) atoms. The summed E-state index contributed by atoms with van der Waals surface area (Å²) in [5, 5.41) is 10.2. The number of furan rings is 1. The first-order valence-electron chi connectivity index (χ1n) is 5.09. The molecule has 3 aromatic rings. The third kappa shape index (κ3) is 1.49. The van der Waals surface area contributed by atoms with E-state index in [1.807, 2.05) is 13.0 Å². The summed E-state index contributed by atoms with van der Waals surface area (Å²) in [6, 6.07) is 8.71. The average molecular weight is 249 g/mol. The largest absolute Gasteiger partial charge is 0.494 e. The monoisotopic (exact) mass is 248 g/mol. The number of imidazole rings is 1. The molecule has 3 aromatic heterocycles. The third-order valence-electron chi connectivity index (χ3n) is 2.56. The summed E-state index contributed by atoms with van der Waals surface area (Å²) in [4.78, 5) is 4.21. The van der Waals surface area contributed by atoms with Gasteiger partial charge in [-0.05, 0) is 31.2 Å². The quantitative estimate of drug-likeness (QED) is 0.719. The van der Waals surface area contributed by atoms with Crippen molar-refractivity contribution in [3.8, 4) is 17.5 Å². The Hall–Kier alpha value is -1.94. The van der Waals surface area contributed by atoms with E-state index in [4.69, 9.17) is 16.0 Å². The van der Waals surface area contributed by atoms with Crippen molar-refractivity contribution < 1.29 is 9.52 Å². The van der Waals surface area contributed by atoms with E-state index in [1.54, 1.807) is 28.7 Å². The Bertz CT molecular complexity index is 700. The fourth-order valence-electron chi connectivity index (χ4n) is 1.80. The van der Waals surface area contributed by atoms with Crippen LogP contribution in [-0.4, -0.2) is 14.5 Å². The van der Waals surface area contributed by atoms with Crippen LogP contribution in [0.25, 0.3) is 17.1 Å². The van der Waals surface area contributed by atoms with Crippen LogP contribution in [0, 0.1) is 6.92 Å². The van der Waals surface area contributed by atoms with E-state index in [1.165, 1.54) is 0 Å². The van der Waals surface area contributed by atoms with Gasteiger partial charge in [0.25, 0.3) is 0 Å². The fraction of sp³-hybridized carbons (Fsp3) is 0.0833. The molecule has 0 aliphatic carbocycles. The predicted octanol–water partition coefficient (Wildman–Crippen LogP) is 3.26. The normalized spacial score (nSPS) is 11.2. The van der Waals surface area contributed by atoms with Crippen molar-refractivity contribution in [2.24, 2.45) is 0 Å². The van der Waals surface area contributed by atoms with E-state index in [2.05, 4.69) is 4.98 Å². The first-order chi connectivity index (χ1) is 8.16. The molecule has 3 heterocycles. The molecule has 4 nitrogen and oxygen atoms in total. The summed E-state index contributed by atoms with van der Waals surface area (Å²) in [6.07, 6.45) is 0. The Morgan fingerprint density at radius 2 is 2.12 bits per heavy atom. The van der Waals surface area contributed by atoms with Gasteiger partial charge in [0.1, 0.15) is 5.76 Å². The van der Waals surface area contributed by atoms with Crippen molar-refractivity contribution in [1.82, 2.24) is 9.38 Å². The number of aromatic nitrogens is 2. The maximum absolute atomic E-state index is 9.86. The molecule has 86 valence electrons. The van der Waals surface area contributed by atoms with Crippen molar-refractivity contribution in [2.75, 3.05) is 0 Å². The molecule has 5 heteroatoms. The van der Waals surface area contributed by atoms with Gasteiger partial charge in [-0.25, -0.2) is 4.98 Å².